The molecule has 0 spiro atoms. The topological polar surface area (TPSA) is 12.9 Å². The molecule has 1 aromatic heterocycles. The largest absolute Gasteiger partial charge is 0.252 e. The molecule has 0 aliphatic heterocycles. The van der Waals surface area contributed by atoms with Crippen molar-refractivity contribution in [2.75, 3.05) is 0 Å². The zero-order chi connectivity index (χ0) is 15.7. The molecule has 3 rings (SSSR count). The van der Waals surface area contributed by atoms with Gasteiger partial charge in [-0.1, -0.05) is 48.0 Å². The second-order valence-electron chi connectivity index (χ2n) is 5.25. The molecule has 22 heavy (non-hydrogen) atoms. The Morgan fingerprint density at radius 1 is 0.909 bits per heavy atom. The highest BCUT2D eigenvalue weighted by Gasteiger charge is 2.15. The molecule has 0 saturated heterocycles. The van der Waals surface area contributed by atoms with Gasteiger partial charge in [0.25, 0.3) is 0 Å². The lowest BCUT2D eigenvalue weighted by atomic mass is 9.97. The maximum Gasteiger partial charge on any atom is 0.134 e. The van der Waals surface area contributed by atoms with Gasteiger partial charge in [-0.05, 0) is 43.2 Å². The Kier molecular flexibility index (Phi) is 3.95. The van der Waals surface area contributed by atoms with Crippen LogP contribution < -0.4 is 0 Å². The van der Waals surface area contributed by atoms with E-state index in [1.807, 2.05) is 50.2 Å². The van der Waals surface area contributed by atoms with Gasteiger partial charge >= 0.3 is 0 Å². The first-order valence-electron chi connectivity index (χ1n) is 7.06. The number of benzene rings is 2. The normalized spacial score (nSPS) is 10.7. The maximum absolute atomic E-state index is 14.1. The van der Waals surface area contributed by atoms with E-state index in [2.05, 4.69) is 4.98 Å². The molecule has 2 aromatic carbocycles. The zero-order valence-corrected chi connectivity index (χ0v) is 13.2. The minimum Gasteiger partial charge on any atom is -0.252 e. The second kappa shape index (κ2) is 5.90. The Bertz CT molecular complexity index is 785. The third kappa shape index (κ3) is 2.62. The average Bonchev–Trinajstić information content (AvgIpc) is 2.47. The molecule has 0 saturated carbocycles. The Labute approximate surface area is 134 Å². The number of aromatic nitrogens is 1. The molecule has 110 valence electrons. The van der Waals surface area contributed by atoms with Crippen molar-refractivity contribution in [1.82, 2.24) is 4.98 Å². The molecule has 0 bridgehead atoms. The highest BCUT2D eigenvalue weighted by Crippen LogP contribution is 2.33. The molecule has 1 nitrogen and oxygen atoms in total. The van der Waals surface area contributed by atoms with Crippen molar-refractivity contribution in [2.24, 2.45) is 0 Å². The minimum absolute atomic E-state index is 0.355. The Morgan fingerprint density at radius 2 is 1.64 bits per heavy atom. The summed E-state index contributed by atoms with van der Waals surface area (Å²) in [6.07, 6.45) is 0. The van der Waals surface area contributed by atoms with Crippen molar-refractivity contribution >= 4 is 11.6 Å². The van der Waals surface area contributed by atoms with Crippen LogP contribution in [0.2, 0.25) is 5.02 Å². The summed E-state index contributed by atoms with van der Waals surface area (Å²) in [6, 6.07) is 16.6. The van der Waals surface area contributed by atoms with E-state index in [1.165, 1.54) is 6.07 Å². The molecular formula is C19H15ClFN. The molecule has 0 aliphatic rings. The average molecular weight is 312 g/mol. The van der Waals surface area contributed by atoms with E-state index in [0.29, 0.717) is 16.3 Å². The number of rotatable bonds is 2. The van der Waals surface area contributed by atoms with Gasteiger partial charge in [-0.15, -0.1) is 0 Å². The standard InChI is InChI=1S/C19H15ClFN/c1-12-11-17(19-15(20)9-6-10-16(19)21)22-13(2)18(12)14-7-4-3-5-8-14/h3-11H,1-2H3. The third-order valence-corrected chi connectivity index (χ3v) is 3.99. The lowest BCUT2D eigenvalue weighted by Crippen LogP contribution is -1.97. The number of hydrogen-bond donors (Lipinski definition) is 0. The molecule has 0 N–H and O–H groups in total. The van der Waals surface area contributed by atoms with E-state index in [0.717, 1.165) is 22.4 Å². The van der Waals surface area contributed by atoms with Gasteiger partial charge in [-0.2, -0.15) is 0 Å². The lowest BCUT2D eigenvalue weighted by Gasteiger charge is -2.13. The van der Waals surface area contributed by atoms with E-state index in [4.69, 9.17) is 11.6 Å². The van der Waals surface area contributed by atoms with Gasteiger partial charge in [-0.25, -0.2) is 4.39 Å². The molecule has 1 heterocycles. The van der Waals surface area contributed by atoms with Crippen molar-refractivity contribution in [3.8, 4) is 22.4 Å². The monoisotopic (exact) mass is 311 g/mol. The first kappa shape index (κ1) is 14.7. The molecular weight excluding hydrogens is 297 g/mol. The first-order valence-corrected chi connectivity index (χ1v) is 7.44. The fourth-order valence-electron chi connectivity index (χ4n) is 2.74. The molecule has 3 aromatic rings. The summed E-state index contributed by atoms with van der Waals surface area (Å²) in [6.45, 7) is 3.95. The quantitative estimate of drug-likeness (QED) is 0.580. The van der Waals surface area contributed by atoms with Gasteiger partial charge in [0.15, 0.2) is 0 Å². The molecule has 0 unspecified atom stereocenters. The maximum atomic E-state index is 14.1. The summed E-state index contributed by atoms with van der Waals surface area (Å²) >= 11 is 6.15. The van der Waals surface area contributed by atoms with Gasteiger partial charge in [0.2, 0.25) is 0 Å². The molecule has 0 fully saturated rings. The Morgan fingerprint density at radius 3 is 2.27 bits per heavy atom. The first-order chi connectivity index (χ1) is 10.6. The molecule has 0 atom stereocenters. The van der Waals surface area contributed by atoms with Crippen molar-refractivity contribution in [3.05, 3.63) is 76.7 Å². The van der Waals surface area contributed by atoms with Gasteiger partial charge in [-0.3, -0.25) is 4.98 Å². The van der Waals surface area contributed by atoms with E-state index in [-0.39, 0.29) is 5.82 Å². The van der Waals surface area contributed by atoms with Crippen molar-refractivity contribution in [3.63, 3.8) is 0 Å². The predicted octanol–water partition coefficient (Wildman–Crippen LogP) is 5.82. The summed E-state index contributed by atoms with van der Waals surface area (Å²) < 4.78 is 14.1. The SMILES string of the molecule is Cc1cc(-c2c(F)cccc2Cl)nc(C)c1-c1ccccc1. The number of aryl methyl sites for hydroxylation is 2. The van der Waals surface area contributed by atoms with Crippen LogP contribution in [-0.4, -0.2) is 4.98 Å². The number of pyridine rings is 1. The van der Waals surface area contributed by atoms with Crippen LogP contribution >= 0.6 is 11.6 Å². The summed E-state index contributed by atoms with van der Waals surface area (Å²) in [5.74, 6) is -0.355. The highest BCUT2D eigenvalue weighted by atomic mass is 35.5. The molecule has 0 radical (unpaired) electrons. The van der Waals surface area contributed by atoms with Crippen LogP contribution in [-0.2, 0) is 0 Å². The van der Waals surface area contributed by atoms with E-state index in [9.17, 15) is 4.39 Å². The third-order valence-electron chi connectivity index (χ3n) is 3.68. The smallest absolute Gasteiger partial charge is 0.134 e. The van der Waals surface area contributed by atoms with Gasteiger partial charge in [0.1, 0.15) is 5.82 Å². The van der Waals surface area contributed by atoms with Gasteiger partial charge in [0.05, 0.1) is 16.3 Å². The van der Waals surface area contributed by atoms with Crippen LogP contribution in [0.5, 0.6) is 0 Å². The fourth-order valence-corrected chi connectivity index (χ4v) is 3.00. The van der Waals surface area contributed by atoms with Gasteiger partial charge < -0.3 is 0 Å². The molecule has 0 aliphatic carbocycles. The number of hydrogen-bond acceptors (Lipinski definition) is 1. The summed E-state index contributed by atoms with van der Waals surface area (Å²) in [7, 11) is 0. The van der Waals surface area contributed by atoms with Crippen molar-refractivity contribution in [1.29, 1.82) is 0 Å². The van der Waals surface area contributed by atoms with E-state index < -0.39 is 0 Å². The highest BCUT2D eigenvalue weighted by molar-refractivity contribution is 6.33. The summed E-state index contributed by atoms with van der Waals surface area (Å²) in [5.41, 5.74) is 5.02. The van der Waals surface area contributed by atoms with E-state index >= 15 is 0 Å². The number of nitrogens with zero attached hydrogens (tertiary/aromatic N) is 1. The summed E-state index contributed by atoms with van der Waals surface area (Å²) in [4.78, 5) is 4.58. The van der Waals surface area contributed by atoms with Crippen LogP contribution in [0.4, 0.5) is 4.39 Å². The van der Waals surface area contributed by atoms with E-state index in [1.54, 1.807) is 12.1 Å². The summed E-state index contributed by atoms with van der Waals surface area (Å²) in [5, 5.41) is 0.374. The number of halogens is 2. The Hall–Kier alpha value is -2.19. The van der Waals surface area contributed by atoms with Gasteiger partial charge in [0, 0.05) is 11.3 Å². The van der Waals surface area contributed by atoms with Crippen molar-refractivity contribution in [2.45, 2.75) is 13.8 Å². The second-order valence-corrected chi connectivity index (χ2v) is 5.65. The zero-order valence-electron chi connectivity index (χ0n) is 12.4. The Balaban J connectivity index is 2.19. The van der Waals surface area contributed by atoms with Crippen LogP contribution in [0.1, 0.15) is 11.3 Å². The molecule has 0 amide bonds. The van der Waals surface area contributed by atoms with Crippen LogP contribution in [0.25, 0.3) is 22.4 Å². The molecule has 3 heteroatoms. The van der Waals surface area contributed by atoms with Crippen LogP contribution in [0, 0.1) is 19.7 Å². The van der Waals surface area contributed by atoms with Crippen LogP contribution in [0.15, 0.2) is 54.6 Å². The van der Waals surface area contributed by atoms with Crippen LogP contribution in [0.3, 0.4) is 0 Å². The predicted molar refractivity (Wildman–Crippen MR) is 89.6 cm³/mol. The fraction of sp³-hybridized carbons (Fsp3) is 0.105. The lowest BCUT2D eigenvalue weighted by molar-refractivity contribution is 0.630. The van der Waals surface area contributed by atoms with Crippen molar-refractivity contribution < 1.29 is 4.39 Å². The minimum atomic E-state index is -0.355.